The Balaban J connectivity index is 1.56. The van der Waals surface area contributed by atoms with Crippen molar-refractivity contribution in [2.24, 2.45) is 0 Å². The van der Waals surface area contributed by atoms with Crippen LogP contribution >= 0.6 is 0 Å². The first-order chi connectivity index (χ1) is 13.3. The molecule has 2 heterocycles. The molecule has 4 rings (SSSR count). The number of alkyl halides is 3. The summed E-state index contributed by atoms with van der Waals surface area (Å²) in [5, 5.41) is 4.90. The Hall–Kier alpha value is -3.03. The first-order valence-corrected chi connectivity index (χ1v) is 9.03. The second-order valence-electron chi connectivity index (χ2n) is 6.91. The zero-order valence-electron chi connectivity index (χ0n) is 14.9. The summed E-state index contributed by atoms with van der Waals surface area (Å²) >= 11 is 0. The van der Waals surface area contributed by atoms with Gasteiger partial charge in [0.15, 0.2) is 0 Å². The molecule has 0 aliphatic carbocycles. The van der Waals surface area contributed by atoms with Gasteiger partial charge in [0.1, 0.15) is 0 Å². The molecule has 2 aromatic carbocycles. The molecule has 0 bridgehead atoms. The Morgan fingerprint density at radius 3 is 2.46 bits per heavy atom. The van der Waals surface area contributed by atoms with Crippen LogP contribution in [0.3, 0.4) is 0 Å². The molecular weight excluding hydrogens is 371 g/mol. The number of rotatable bonds is 2. The van der Waals surface area contributed by atoms with Crippen LogP contribution in [0.2, 0.25) is 0 Å². The number of para-hydroxylation sites is 1. The number of hydrogen-bond acceptors (Lipinski definition) is 2. The summed E-state index contributed by atoms with van der Waals surface area (Å²) in [6.45, 7) is 0.695. The van der Waals surface area contributed by atoms with Gasteiger partial charge in [-0.2, -0.15) is 13.2 Å². The normalized spacial score (nSPS) is 15.8. The average Bonchev–Trinajstić information content (AvgIpc) is 2.64. The molecule has 3 amide bonds. The average molecular weight is 389 g/mol. The van der Waals surface area contributed by atoms with Gasteiger partial charge in [0.05, 0.1) is 16.9 Å². The van der Waals surface area contributed by atoms with E-state index in [2.05, 4.69) is 10.6 Å². The van der Waals surface area contributed by atoms with E-state index in [1.165, 1.54) is 18.2 Å². The van der Waals surface area contributed by atoms with Crippen LogP contribution < -0.4 is 15.5 Å². The van der Waals surface area contributed by atoms with E-state index in [4.69, 9.17) is 0 Å². The van der Waals surface area contributed by atoms with Gasteiger partial charge in [-0.15, -0.1) is 0 Å². The van der Waals surface area contributed by atoms with Crippen LogP contribution in [-0.4, -0.2) is 18.5 Å². The predicted molar refractivity (Wildman–Crippen MR) is 99.5 cm³/mol. The van der Waals surface area contributed by atoms with Crippen LogP contribution in [-0.2, 0) is 23.8 Å². The fraction of sp³-hybridized carbons (Fsp3) is 0.300. The molecule has 28 heavy (non-hydrogen) atoms. The van der Waals surface area contributed by atoms with Crippen molar-refractivity contribution < 1.29 is 22.8 Å². The lowest BCUT2D eigenvalue weighted by molar-refractivity contribution is -0.136. The van der Waals surface area contributed by atoms with Crippen molar-refractivity contribution in [2.45, 2.75) is 31.9 Å². The molecule has 0 aromatic heterocycles. The lowest BCUT2D eigenvalue weighted by Gasteiger charge is -2.35. The number of halogens is 3. The van der Waals surface area contributed by atoms with Crippen molar-refractivity contribution in [3.63, 3.8) is 0 Å². The number of carbonyl (C=O) groups is 2. The number of nitrogens with zero attached hydrogens (tertiary/aromatic N) is 1. The number of benzene rings is 2. The molecule has 0 atom stereocenters. The third kappa shape index (κ3) is 3.42. The van der Waals surface area contributed by atoms with Gasteiger partial charge >= 0.3 is 12.2 Å². The van der Waals surface area contributed by atoms with Gasteiger partial charge in [-0.1, -0.05) is 12.1 Å². The molecule has 2 aliphatic rings. The molecule has 5 nitrogen and oxygen atoms in total. The Kier molecular flexibility index (Phi) is 4.49. The molecule has 2 aromatic rings. The van der Waals surface area contributed by atoms with Crippen LogP contribution in [0.25, 0.3) is 0 Å². The van der Waals surface area contributed by atoms with E-state index in [-0.39, 0.29) is 11.6 Å². The molecular formula is C20H18F3N3O2. The van der Waals surface area contributed by atoms with E-state index in [0.29, 0.717) is 25.1 Å². The Morgan fingerprint density at radius 1 is 1.00 bits per heavy atom. The van der Waals surface area contributed by atoms with E-state index >= 15 is 0 Å². The number of aryl methyl sites for hydroxylation is 2. The number of amides is 3. The van der Waals surface area contributed by atoms with Gasteiger partial charge in [0.25, 0.3) is 0 Å². The highest BCUT2D eigenvalue weighted by atomic mass is 19.4. The zero-order chi connectivity index (χ0) is 19.9. The number of carbonyl (C=O) groups excluding carboxylic acids is 2. The van der Waals surface area contributed by atoms with Crippen LogP contribution in [0.15, 0.2) is 36.4 Å². The van der Waals surface area contributed by atoms with Crippen molar-refractivity contribution in [3.05, 3.63) is 53.1 Å². The lowest BCUT2D eigenvalue weighted by Crippen LogP contribution is -2.39. The number of hydrogen-bond donors (Lipinski definition) is 2. The molecule has 146 valence electrons. The standard InChI is InChI=1S/C20H18F3N3O2/c21-20(22,23)15-5-1-2-6-16(15)25-19(28)24-14-10-12-4-3-9-26-17(27)8-7-13(11-14)18(12)26/h1-2,5-6,10-11H,3-4,7-9H2,(H2,24,25,28). The fourth-order valence-corrected chi connectivity index (χ4v) is 3.85. The van der Waals surface area contributed by atoms with Gasteiger partial charge in [-0.3, -0.25) is 4.79 Å². The van der Waals surface area contributed by atoms with Crippen molar-refractivity contribution in [1.29, 1.82) is 0 Å². The van der Waals surface area contributed by atoms with E-state index in [1.807, 2.05) is 0 Å². The minimum Gasteiger partial charge on any atom is -0.312 e. The van der Waals surface area contributed by atoms with Gasteiger partial charge < -0.3 is 15.5 Å². The first kappa shape index (κ1) is 18.3. The van der Waals surface area contributed by atoms with Crippen molar-refractivity contribution >= 4 is 29.0 Å². The molecule has 2 N–H and O–H groups in total. The summed E-state index contributed by atoms with van der Waals surface area (Å²) in [6.07, 6.45) is -1.92. The maximum atomic E-state index is 13.1. The number of urea groups is 1. The van der Waals surface area contributed by atoms with Crippen molar-refractivity contribution in [3.8, 4) is 0 Å². The van der Waals surface area contributed by atoms with E-state index in [0.717, 1.165) is 35.7 Å². The van der Waals surface area contributed by atoms with Gasteiger partial charge in [0.2, 0.25) is 5.91 Å². The van der Waals surface area contributed by atoms with Gasteiger partial charge in [0, 0.05) is 18.7 Å². The fourth-order valence-electron chi connectivity index (χ4n) is 3.85. The van der Waals surface area contributed by atoms with E-state index in [9.17, 15) is 22.8 Å². The van der Waals surface area contributed by atoms with Crippen LogP contribution in [0.4, 0.5) is 35.0 Å². The molecule has 0 saturated carbocycles. The highest BCUT2D eigenvalue weighted by Crippen LogP contribution is 2.38. The third-order valence-electron chi connectivity index (χ3n) is 5.01. The minimum atomic E-state index is -4.56. The number of anilines is 3. The largest absolute Gasteiger partial charge is 0.418 e. The van der Waals surface area contributed by atoms with Crippen molar-refractivity contribution in [2.75, 3.05) is 22.1 Å². The smallest absolute Gasteiger partial charge is 0.312 e. The van der Waals surface area contributed by atoms with Crippen molar-refractivity contribution in [1.82, 2.24) is 0 Å². The summed E-state index contributed by atoms with van der Waals surface area (Å²) in [7, 11) is 0. The van der Waals surface area contributed by atoms with Crippen LogP contribution in [0.5, 0.6) is 0 Å². The molecule has 0 radical (unpaired) electrons. The summed E-state index contributed by atoms with van der Waals surface area (Å²) < 4.78 is 39.3. The quantitative estimate of drug-likeness (QED) is 0.790. The molecule has 0 fully saturated rings. The maximum Gasteiger partial charge on any atom is 0.418 e. The maximum absolute atomic E-state index is 13.1. The zero-order valence-corrected chi connectivity index (χ0v) is 14.9. The highest BCUT2D eigenvalue weighted by Gasteiger charge is 2.34. The Bertz CT molecular complexity index is 939. The minimum absolute atomic E-state index is 0.107. The second kappa shape index (κ2) is 6.85. The van der Waals surface area contributed by atoms with Crippen LogP contribution in [0.1, 0.15) is 29.5 Å². The monoisotopic (exact) mass is 389 g/mol. The lowest BCUT2D eigenvalue weighted by atomic mass is 9.91. The topological polar surface area (TPSA) is 61.4 Å². The summed E-state index contributed by atoms with van der Waals surface area (Å²) in [6, 6.07) is 7.67. The summed E-state index contributed by atoms with van der Waals surface area (Å²) in [4.78, 5) is 26.2. The molecule has 8 heteroatoms. The van der Waals surface area contributed by atoms with E-state index in [1.54, 1.807) is 17.0 Å². The Labute approximate surface area is 159 Å². The van der Waals surface area contributed by atoms with Gasteiger partial charge in [-0.05, 0) is 54.7 Å². The highest BCUT2D eigenvalue weighted by molar-refractivity contribution is 6.02. The van der Waals surface area contributed by atoms with E-state index < -0.39 is 17.8 Å². The molecule has 0 saturated heterocycles. The van der Waals surface area contributed by atoms with Crippen LogP contribution in [0, 0.1) is 0 Å². The SMILES string of the molecule is O=C(Nc1cc2c3c(c1)CCC(=O)N3CCC2)Nc1ccccc1C(F)(F)F. The first-order valence-electron chi connectivity index (χ1n) is 9.03. The Morgan fingerprint density at radius 2 is 1.71 bits per heavy atom. The van der Waals surface area contributed by atoms with Gasteiger partial charge in [-0.25, -0.2) is 4.79 Å². The number of nitrogens with one attached hydrogen (secondary N) is 2. The third-order valence-corrected chi connectivity index (χ3v) is 5.01. The molecule has 2 aliphatic heterocycles. The second-order valence-corrected chi connectivity index (χ2v) is 6.91. The molecule has 0 spiro atoms. The predicted octanol–water partition coefficient (Wildman–Crippen LogP) is 4.57. The summed E-state index contributed by atoms with van der Waals surface area (Å²) in [5.74, 6) is 0.107. The summed E-state index contributed by atoms with van der Waals surface area (Å²) in [5.41, 5.74) is 2.18. The molecule has 0 unspecified atom stereocenters.